The standard InChI is InChI=1S/C28H40O2/c1-4-7-9-11-14-27(12-6-3)30-28(29)26-21-19-25(20-22-26)24-17-15-23(16-18-24)13-10-8-5-2/h6,11-12,14,19-24H,3-5,7-10,13,15-18H2,1-2H3/b14-11-,27-12+. The van der Waals surface area contributed by atoms with Gasteiger partial charge in [-0.15, -0.1) is 0 Å². The lowest BCUT2D eigenvalue weighted by Crippen LogP contribution is -2.13. The maximum absolute atomic E-state index is 12.5. The molecule has 0 atom stereocenters. The maximum Gasteiger partial charge on any atom is 0.343 e. The summed E-state index contributed by atoms with van der Waals surface area (Å²) in [5.41, 5.74) is 1.96. The topological polar surface area (TPSA) is 26.3 Å². The van der Waals surface area contributed by atoms with Crippen molar-refractivity contribution in [2.45, 2.75) is 90.4 Å². The fourth-order valence-electron chi connectivity index (χ4n) is 4.29. The van der Waals surface area contributed by atoms with Gasteiger partial charge >= 0.3 is 5.97 Å². The van der Waals surface area contributed by atoms with Crippen molar-refractivity contribution >= 4 is 5.97 Å². The molecular weight excluding hydrogens is 368 g/mol. The molecular formula is C28H40O2. The molecule has 0 spiro atoms. The molecule has 0 amide bonds. The van der Waals surface area contributed by atoms with E-state index in [1.54, 1.807) is 12.2 Å². The van der Waals surface area contributed by atoms with E-state index >= 15 is 0 Å². The van der Waals surface area contributed by atoms with Crippen LogP contribution in [0.4, 0.5) is 0 Å². The Morgan fingerprint density at radius 3 is 2.37 bits per heavy atom. The van der Waals surface area contributed by atoms with Gasteiger partial charge in [-0.05, 0) is 73.8 Å². The Balaban J connectivity index is 1.87. The minimum absolute atomic E-state index is 0.311. The molecule has 2 rings (SSSR count). The number of hydrogen-bond acceptors (Lipinski definition) is 2. The minimum atomic E-state index is -0.311. The molecule has 164 valence electrons. The second kappa shape index (κ2) is 14.0. The summed E-state index contributed by atoms with van der Waals surface area (Å²) >= 11 is 0. The predicted molar refractivity (Wildman–Crippen MR) is 128 cm³/mol. The van der Waals surface area contributed by atoms with Crippen LogP contribution in [-0.4, -0.2) is 5.97 Å². The van der Waals surface area contributed by atoms with Crippen molar-refractivity contribution in [2.24, 2.45) is 5.92 Å². The van der Waals surface area contributed by atoms with E-state index in [4.69, 9.17) is 4.74 Å². The molecule has 0 aliphatic heterocycles. The first-order chi connectivity index (χ1) is 14.7. The molecule has 0 aromatic heterocycles. The van der Waals surface area contributed by atoms with Gasteiger partial charge in [0.2, 0.25) is 0 Å². The van der Waals surface area contributed by atoms with Gasteiger partial charge in [-0.2, -0.15) is 0 Å². The molecule has 0 radical (unpaired) electrons. The van der Waals surface area contributed by atoms with E-state index in [2.05, 4.69) is 32.6 Å². The predicted octanol–water partition coefficient (Wildman–Crippen LogP) is 8.51. The quantitative estimate of drug-likeness (QED) is 0.150. The molecule has 0 saturated heterocycles. The van der Waals surface area contributed by atoms with Crippen LogP contribution in [0.1, 0.15) is 106 Å². The van der Waals surface area contributed by atoms with Crippen molar-refractivity contribution in [2.75, 3.05) is 0 Å². The summed E-state index contributed by atoms with van der Waals surface area (Å²) in [5, 5.41) is 0. The number of allylic oxidation sites excluding steroid dienone is 4. The highest BCUT2D eigenvalue weighted by atomic mass is 16.5. The number of rotatable bonds is 12. The normalized spacial score (nSPS) is 19.7. The smallest absolute Gasteiger partial charge is 0.343 e. The van der Waals surface area contributed by atoms with Crippen molar-refractivity contribution in [3.63, 3.8) is 0 Å². The largest absolute Gasteiger partial charge is 0.423 e. The Kier molecular flexibility index (Phi) is 11.3. The van der Waals surface area contributed by atoms with Crippen LogP contribution in [0.2, 0.25) is 0 Å². The third-order valence-corrected chi connectivity index (χ3v) is 6.18. The molecule has 2 nitrogen and oxygen atoms in total. The molecule has 1 aliphatic rings. The first-order valence-electron chi connectivity index (χ1n) is 12.0. The molecule has 1 aliphatic carbocycles. The van der Waals surface area contributed by atoms with Gasteiger partial charge < -0.3 is 4.74 Å². The third-order valence-electron chi connectivity index (χ3n) is 6.18. The molecule has 1 aromatic carbocycles. The molecule has 1 aromatic rings. The Labute approximate surface area is 184 Å². The fourth-order valence-corrected chi connectivity index (χ4v) is 4.29. The molecule has 1 fully saturated rings. The summed E-state index contributed by atoms with van der Waals surface area (Å²) in [6, 6.07) is 8.06. The second-order valence-electron chi connectivity index (χ2n) is 8.57. The van der Waals surface area contributed by atoms with Crippen LogP contribution in [0.3, 0.4) is 0 Å². The Hall–Kier alpha value is -2.09. The number of carbonyl (C=O) groups excluding carboxylic acids is 1. The van der Waals surface area contributed by atoms with Crippen LogP contribution in [0, 0.1) is 5.92 Å². The lowest BCUT2D eigenvalue weighted by molar-refractivity contribution is 0.0637. The van der Waals surface area contributed by atoms with Gasteiger partial charge in [0.25, 0.3) is 0 Å². The molecule has 2 heteroatoms. The SMILES string of the molecule is C=C/C=C(\C=C/CCCC)OC(=O)c1ccc(C2CCC(CCCCC)CC2)cc1. The van der Waals surface area contributed by atoms with Gasteiger partial charge in [-0.25, -0.2) is 4.79 Å². The highest BCUT2D eigenvalue weighted by molar-refractivity contribution is 5.90. The maximum atomic E-state index is 12.5. The van der Waals surface area contributed by atoms with Crippen LogP contribution in [0.25, 0.3) is 0 Å². The first kappa shape index (κ1) is 24.2. The highest BCUT2D eigenvalue weighted by Crippen LogP contribution is 2.37. The zero-order valence-electron chi connectivity index (χ0n) is 19.1. The van der Waals surface area contributed by atoms with Crippen molar-refractivity contribution < 1.29 is 9.53 Å². The van der Waals surface area contributed by atoms with Gasteiger partial charge in [0.05, 0.1) is 5.56 Å². The summed E-state index contributed by atoms with van der Waals surface area (Å²) < 4.78 is 5.57. The Morgan fingerprint density at radius 2 is 1.73 bits per heavy atom. The zero-order chi connectivity index (χ0) is 21.6. The Bertz CT molecular complexity index is 688. The van der Waals surface area contributed by atoms with E-state index in [9.17, 15) is 4.79 Å². The minimum Gasteiger partial charge on any atom is -0.423 e. The van der Waals surface area contributed by atoms with Crippen LogP contribution in [0.5, 0.6) is 0 Å². The molecule has 30 heavy (non-hydrogen) atoms. The van der Waals surface area contributed by atoms with Crippen molar-refractivity contribution in [3.8, 4) is 0 Å². The van der Waals surface area contributed by atoms with E-state index in [0.717, 1.165) is 25.2 Å². The van der Waals surface area contributed by atoms with Crippen LogP contribution in [-0.2, 0) is 4.74 Å². The summed E-state index contributed by atoms with van der Waals surface area (Å²) in [4.78, 5) is 12.5. The van der Waals surface area contributed by atoms with Crippen LogP contribution < -0.4 is 0 Å². The van der Waals surface area contributed by atoms with Gasteiger partial charge in [0.1, 0.15) is 5.76 Å². The monoisotopic (exact) mass is 408 g/mol. The van der Waals surface area contributed by atoms with Crippen molar-refractivity contribution in [1.82, 2.24) is 0 Å². The van der Waals surface area contributed by atoms with Crippen LogP contribution >= 0.6 is 0 Å². The number of carbonyl (C=O) groups is 1. The van der Waals surface area contributed by atoms with E-state index in [1.807, 2.05) is 24.3 Å². The van der Waals surface area contributed by atoms with Gasteiger partial charge in [-0.1, -0.05) is 83.2 Å². The van der Waals surface area contributed by atoms with Gasteiger partial charge in [0, 0.05) is 0 Å². The number of esters is 1. The van der Waals surface area contributed by atoms with E-state index < -0.39 is 0 Å². The highest BCUT2D eigenvalue weighted by Gasteiger charge is 2.22. The van der Waals surface area contributed by atoms with Gasteiger partial charge in [0.15, 0.2) is 0 Å². The summed E-state index contributed by atoms with van der Waals surface area (Å²) in [5.74, 6) is 1.78. The Morgan fingerprint density at radius 1 is 1.03 bits per heavy atom. The average Bonchev–Trinajstić information content (AvgIpc) is 2.77. The first-order valence-corrected chi connectivity index (χ1v) is 12.0. The number of unbranched alkanes of at least 4 members (excludes halogenated alkanes) is 4. The number of hydrogen-bond donors (Lipinski definition) is 0. The van der Waals surface area contributed by atoms with Crippen LogP contribution in [0.15, 0.2) is 60.9 Å². The molecule has 0 N–H and O–H groups in total. The lowest BCUT2D eigenvalue weighted by Gasteiger charge is -2.29. The summed E-state index contributed by atoms with van der Waals surface area (Å²) in [6.07, 6.45) is 21.3. The molecule has 1 saturated carbocycles. The third kappa shape index (κ3) is 8.34. The number of benzene rings is 1. The molecule has 0 unspecified atom stereocenters. The second-order valence-corrected chi connectivity index (χ2v) is 8.57. The molecule has 0 heterocycles. The molecule has 0 bridgehead atoms. The van der Waals surface area contributed by atoms with Crippen molar-refractivity contribution in [1.29, 1.82) is 0 Å². The summed E-state index contributed by atoms with van der Waals surface area (Å²) in [7, 11) is 0. The lowest BCUT2D eigenvalue weighted by atomic mass is 9.77. The fraction of sp³-hybridized carbons (Fsp3) is 0.536. The number of ether oxygens (including phenoxy) is 1. The summed E-state index contributed by atoms with van der Waals surface area (Å²) in [6.45, 7) is 8.15. The van der Waals surface area contributed by atoms with E-state index in [0.29, 0.717) is 17.2 Å². The zero-order valence-corrected chi connectivity index (χ0v) is 19.1. The van der Waals surface area contributed by atoms with Gasteiger partial charge in [-0.3, -0.25) is 0 Å². The average molecular weight is 409 g/mol. The van der Waals surface area contributed by atoms with Crippen molar-refractivity contribution in [3.05, 3.63) is 72.0 Å². The van der Waals surface area contributed by atoms with E-state index in [1.165, 1.54) is 56.9 Å². The van der Waals surface area contributed by atoms with E-state index in [-0.39, 0.29) is 5.97 Å².